The van der Waals surface area contributed by atoms with Gasteiger partial charge in [-0.3, -0.25) is 0 Å². The van der Waals surface area contributed by atoms with Gasteiger partial charge < -0.3 is 15.2 Å². The lowest BCUT2D eigenvalue weighted by atomic mass is 10.1. The Bertz CT molecular complexity index is 432. The highest BCUT2D eigenvalue weighted by Crippen LogP contribution is 2.24. The van der Waals surface area contributed by atoms with E-state index in [4.69, 9.17) is 21.4 Å². The monoisotopic (exact) mass is 269 g/mol. The first kappa shape index (κ1) is 14.5. The number of carbonyl (C=O) groups is 1. The van der Waals surface area contributed by atoms with Crippen LogP contribution in [0.1, 0.15) is 12.0 Å². The third kappa shape index (κ3) is 5.21. The van der Waals surface area contributed by atoms with Crippen molar-refractivity contribution in [2.45, 2.75) is 6.42 Å². The van der Waals surface area contributed by atoms with E-state index in [1.165, 1.54) is 0 Å². The summed E-state index contributed by atoms with van der Waals surface area (Å²) in [6.07, 6.45) is 4.77. The molecule has 0 fully saturated rings. The van der Waals surface area contributed by atoms with Gasteiger partial charge in [0.15, 0.2) is 6.61 Å². The molecule has 0 saturated heterocycles. The Hall–Kier alpha value is -1.52. The number of hydrogen-bond donors (Lipinski definition) is 2. The zero-order chi connectivity index (χ0) is 13.4. The Labute approximate surface area is 111 Å². The second-order valence-electron chi connectivity index (χ2n) is 3.66. The molecule has 5 heteroatoms. The van der Waals surface area contributed by atoms with Crippen LogP contribution in [-0.2, 0) is 4.79 Å². The van der Waals surface area contributed by atoms with Gasteiger partial charge in [0.05, 0.1) is 0 Å². The largest absolute Gasteiger partial charge is 0.481 e. The molecule has 4 nitrogen and oxygen atoms in total. The van der Waals surface area contributed by atoms with E-state index in [2.05, 4.69) is 5.32 Å². The maximum absolute atomic E-state index is 10.5. The fourth-order valence-corrected chi connectivity index (χ4v) is 1.51. The number of benzene rings is 1. The van der Waals surface area contributed by atoms with E-state index in [0.717, 1.165) is 18.5 Å². The topological polar surface area (TPSA) is 58.6 Å². The quantitative estimate of drug-likeness (QED) is 0.747. The van der Waals surface area contributed by atoms with Gasteiger partial charge in [0.1, 0.15) is 5.75 Å². The van der Waals surface area contributed by atoms with Crippen molar-refractivity contribution in [1.82, 2.24) is 5.32 Å². The molecule has 1 aromatic rings. The highest BCUT2D eigenvalue weighted by atomic mass is 35.5. The van der Waals surface area contributed by atoms with Crippen LogP contribution >= 0.6 is 11.6 Å². The minimum atomic E-state index is -1.01. The normalized spacial score (nSPS) is 10.8. The van der Waals surface area contributed by atoms with Crippen molar-refractivity contribution >= 4 is 23.6 Å². The van der Waals surface area contributed by atoms with Crippen LogP contribution in [0.25, 0.3) is 6.08 Å². The first-order valence-corrected chi connectivity index (χ1v) is 5.96. The maximum atomic E-state index is 10.5. The Kier molecular flexibility index (Phi) is 6.25. The van der Waals surface area contributed by atoms with Crippen molar-refractivity contribution in [3.05, 3.63) is 34.9 Å². The van der Waals surface area contributed by atoms with Crippen LogP contribution in [0.3, 0.4) is 0 Å². The highest BCUT2D eigenvalue weighted by molar-refractivity contribution is 6.30. The van der Waals surface area contributed by atoms with E-state index in [1.807, 2.05) is 19.2 Å². The van der Waals surface area contributed by atoms with Crippen molar-refractivity contribution in [2.75, 3.05) is 20.2 Å². The number of nitrogens with one attached hydrogen (secondary N) is 1. The zero-order valence-corrected chi connectivity index (χ0v) is 10.9. The molecule has 0 unspecified atom stereocenters. The number of ether oxygens (including phenoxy) is 1. The molecule has 0 bridgehead atoms. The van der Waals surface area contributed by atoms with Crippen molar-refractivity contribution in [2.24, 2.45) is 0 Å². The third-order valence-corrected chi connectivity index (χ3v) is 2.42. The third-order valence-electron chi connectivity index (χ3n) is 2.19. The lowest BCUT2D eigenvalue weighted by Gasteiger charge is -2.07. The van der Waals surface area contributed by atoms with Gasteiger partial charge in [-0.05, 0) is 38.2 Å². The van der Waals surface area contributed by atoms with Crippen molar-refractivity contribution in [3.8, 4) is 5.75 Å². The molecule has 0 spiro atoms. The first-order chi connectivity index (χ1) is 8.63. The molecule has 18 heavy (non-hydrogen) atoms. The summed E-state index contributed by atoms with van der Waals surface area (Å²) < 4.78 is 5.19. The molecule has 0 radical (unpaired) electrons. The van der Waals surface area contributed by atoms with Crippen LogP contribution in [0.15, 0.2) is 24.3 Å². The summed E-state index contributed by atoms with van der Waals surface area (Å²) in [5.74, 6) is -0.536. The van der Waals surface area contributed by atoms with Gasteiger partial charge in [-0.25, -0.2) is 4.79 Å². The average molecular weight is 270 g/mol. The molecule has 0 heterocycles. The van der Waals surface area contributed by atoms with Gasteiger partial charge in [0, 0.05) is 10.6 Å². The molecule has 0 aliphatic heterocycles. The summed E-state index contributed by atoms with van der Waals surface area (Å²) in [6, 6.07) is 5.16. The number of carboxylic acids is 1. The molecule has 1 rings (SSSR count). The van der Waals surface area contributed by atoms with Gasteiger partial charge in [-0.15, -0.1) is 0 Å². The van der Waals surface area contributed by atoms with Crippen molar-refractivity contribution in [1.29, 1.82) is 0 Å². The van der Waals surface area contributed by atoms with E-state index in [-0.39, 0.29) is 6.61 Å². The van der Waals surface area contributed by atoms with Gasteiger partial charge >= 0.3 is 5.97 Å². The van der Waals surface area contributed by atoms with E-state index in [1.54, 1.807) is 18.2 Å². The first-order valence-electron chi connectivity index (χ1n) is 5.58. The zero-order valence-electron chi connectivity index (χ0n) is 10.1. The lowest BCUT2D eigenvalue weighted by Crippen LogP contribution is -2.10. The summed E-state index contributed by atoms with van der Waals surface area (Å²) >= 11 is 5.85. The molecule has 0 amide bonds. The standard InChI is InChI=1S/C13H16ClNO3/c1-15-7-3-2-4-10-5-6-11(14)8-12(10)18-9-13(16)17/h2,4-6,8,15H,3,7,9H2,1H3,(H,16,17). The van der Waals surface area contributed by atoms with Gasteiger partial charge in [-0.1, -0.05) is 23.8 Å². The van der Waals surface area contributed by atoms with Crippen molar-refractivity contribution in [3.63, 3.8) is 0 Å². The lowest BCUT2D eigenvalue weighted by molar-refractivity contribution is -0.139. The van der Waals surface area contributed by atoms with E-state index < -0.39 is 5.97 Å². The van der Waals surface area contributed by atoms with Crippen LogP contribution in [0.4, 0.5) is 0 Å². The molecule has 0 saturated carbocycles. The molecule has 0 aromatic heterocycles. The molecule has 0 aliphatic rings. The summed E-state index contributed by atoms with van der Waals surface area (Å²) in [7, 11) is 1.89. The summed E-state index contributed by atoms with van der Waals surface area (Å²) in [5, 5.41) is 12.1. The minimum Gasteiger partial charge on any atom is -0.481 e. The number of hydrogen-bond acceptors (Lipinski definition) is 3. The van der Waals surface area contributed by atoms with Gasteiger partial charge in [-0.2, -0.15) is 0 Å². The Balaban J connectivity index is 2.75. The summed E-state index contributed by atoms with van der Waals surface area (Å²) in [4.78, 5) is 10.5. The number of carboxylic acid groups (broad SMARTS) is 1. The average Bonchev–Trinajstić information content (AvgIpc) is 2.34. The van der Waals surface area contributed by atoms with Crippen LogP contribution in [0, 0.1) is 0 Å². The highest BCUT2D eigenvalue weighted by Gasteiger charge is 2.04. The van der Waals surface area contributed by atoms with E-state index >= 15 is 0 Å². The summed E-state index contributed by atoms with van der Waals surface area (Å²) in [6.45, 7) is 0.507. The second kappa shape index (κ2) is 7.74. The van der Waals surface area contributed by atoms with Gasteiger partial charge in [0.2, 0.25) is 0 Å². The molecular weight excluding hydrogens is 254 g/mol. The second-order valence-corrected chi connectivity index (χ2v) is 4.10. The van der Waals surface area contributed by atoms with Crippen molar-refractivity contribution < 1.29 is 14.6 Å². The minimum absolute atomic E-state index is 0.377. The fraction of sp³-hybridized carbons (Fsp3) is 0.308. The molecule has 98 valence electrons. The number of rotatable bonds is 7. The number of aliphatic carboxylic acids is 1. The Morgan fingerprint density at radius 2 is 2.33 bits per heavy atom. The molecule has 0 atom stereocenters. The molecule has 0 aliphatic carbocycles. The SMILES string of the molecule is CNCCC=Cc1ccc(Cl)cc1OCC(=O)O. The van der Waals surface area contributed by atoms with Crippen LogP contribution in [0.5, 0.6) is 5.75 Å². The smallest absolute Gasteiger partial charge is 0.341 e. The molecule has 1 aromatic carbocycles. The van der Waals surface area contributed by atoms with Crippen LogP contribution in [-0.4, -0.2) is 31.3 Å². The van der Waals surface area contributed by atoms with Crippen LogP contribution in [0.2, 0.25) is 5.02 Å². The maximum Gasteiger partial charge on any atom is 0.341 e. The van der Waals surface area contributed by atoms with E-state index in [0.29, 0.717) is 10.8 Å². The predicted molar refractivity (Wildman–Crippen MR) is 72.2 cm³/mol. The van der Waals surface area contributed by atoms with Gasteiger partial charge in [0.25, 0.3) is 0 Å². The summed E-state index contributed by atoms with van der Waals surface area (Å²) in [5.41, 5.74) is 0.816. The van der Waals surface area contributed by atoms with Crippen LogP contribution < -0.4 is 10.1 Å². The van der Waals surface area contributed by atoms with E-state index in [9.17, 15) is 4.79 Å². The Morgan fingerprint density at radius 3 is 3.00 bits per heavy atom. The Morgan fingerprint density at radius 1 is 1.56 bits per heavy atom. The number of halogens is 1. The predicted octanol–water partition coefficient (Wildman–Crippen LogP) is 2.43. The fourth-order valence-electron chi connectivity index (χ4n) is 1.35. The molecular formula is C13H16ClNO3. The molecule has 2 N–H and O–H groups in total.